The number of hydrogen-bond acceptors (Lipinski definition) is 3. The summed E-state index contributed by atoms with van der Waals surface area (Å²) < 4.78 is 18.6. The van der Waals surface area contributed by atoms with Gasteiger partial charge in [0.15, 0.2) is 0 Å². The first kappa shape index (κ1) is 13.2. The smallest absolute Gasteiger partial charge is 0.407 e. The highest BCUT2D eigenvalue weighted by molar-refractivity contribution is 5.68. The molecule has 1 amide bonds. The van der Waals surface area contributed by atoms with E-state index in [2.05, 4.69) is 5.32 Å². The van der Waals surface area contributed by atoms with Gasteiger partial charge in [0.1, 0.15) is 11.8 Å². The fourth-order valence-corrected chi connectivity index (χ4v) is 1.77. The average molecular weight is 232 g/mol. The van der Waals surface area contributed by atoms with E-state index in [1.54, 1.807) is 20.8 Å². The minimum atomic E-state index is -1.07. The zero-order valence-corrected chi connectivity index (χ0v) is 10.1. The Balaban J connectivity index is 2.39. The lowest BCUT2D eigenvalue weighted by molar-refractivity contribution is 0.0445. The number of alkyl carbamates (subject to hydrolysis) is 1. The van der Waals surface area contributed by atoms with Crippen molar-refractivity contribution in [2.45, 2.75) is 63.9 Å². The lowest BCUT2D eigenvalue weighted by Gasteiger charge is -2.31. The van der Waals surface area contributed by atoms with Crippen LogP contribution >= 0.6 is 0 Å². The van der Waals surface area contributed by atoms with Gasteiger partial charge in [-0.1, -0.05) is 0 Å². The fourth-order valence-electron chi connectivity index (χ4n) is 1.77. The number of nitrogens with two attached hydrogens (primary N) is 1. The number of amides is 1. The predicted molar refractivity (Wildman–Crippen MR) is 59.9 cm³/mol. The third-order valence-corrected chi connectivity index (χ3v) is 2.52. The summed E-state index contributed by atoms with van der Waals surface area (Å²) in [6, 6.07) is -0.554. The predicted octanol–water partition coefficient (Wildman–Crippen LogP) is 1.73. The maximum absolute atomic E-state index is 13.5. The van der Waals surface area contributed by atoms with Crippen LogP contribution in [0.25, 0.3) is 0 Å². The summed E-state index contributed by atoms with van der Waals surface area (Å²) in [5.41, 5.74) is 5.08. The Hall–Kier alpha value is -0.840. The van der Waals surface area contributed by atoms with Gasteiger partial charge in [-0.3, -0.25) is 0 Å². The van der Waals surface area contributed by atoms with Gasteiger partial charge in [0, 0.05) is 6.04 Å². The van der Waals surface area contributed by atoms with E-state index in [9.17, 15) is 9.18 Å². The number of hydrogen-bond donors (Lipinski definition) is 2. The topological polar surface area (TPSA) is 64.3 Å². The molecular weight excluding hydrogens is 211 g/mol. The molecule has 3 atom stereocenters. The van der Waals surface area contributed by atoms with Crippen LogP contribution < -0.4 is 11.1 Å². The van der Waals surface area contributed by atoms with Gasteiger partial charge < -0.3 is 15.8 Å². The Bertz CT molecular complexity index is 253. The van der Waals surface area contributed by atoms with Crippen molar-refractivity contribution in [2.75, 3.05) is 0 Å². The molecule has 3 N–H and O–H groups in total. The third kappa shape index (κ3) is 4.35. The summed E-state index contributed by atoms with van der Waals surface area (Å²) in [6.07, 6.45) is -0.0185. The number of nitrogens with one attached hydrogen (secondary N) is 1. The molecule has 1 aliphatic rings. The van der Waals surface area contributed by atoms with E-state index in [0.29, 0.717) is 12.8 Å². The number of rotatable bonds is 1. The van der Waals surface area contributed by atoms with Crippen molar-refractivity contribution in [1.29, 1.82) is 0 Å². The number of carbonyl (C=O) groups is 1. The molecule has 0 bridgehead atoms. The quantitative estimate of drug-likeness (QED) is 0.723. The number of ether oxygens (including phenoxy) is 1. The molecule has 94 valence electrons. The number of alkyl halides is 1. The average Bonchev–Trinajstić information content (AvgIpc) is 2.06. The van der Waals surface area contributed by atoms with Gasteiger partial charge in [0.2, 0.25) is 0 Å². The Kier molecular flexibility index (Phi) is 4.13. The van der Waals surface area contributed by atoms with E-state index in [1.807, 2.05) is 0 Å². The lowest BCUT2D eigenvalue weighted by Crippen LogP contribution is -2.49. The molecular formula is C11H21FN2O2. The Labute approximate surface area is 95.7 Å². The van der Waals surface area contributed by atoms with Crippen LogP contribution in [0, 0.1) is 0 Å². The summed E-state index contributed by atoms with van der Waals surface area (Å²) in [5.74, 6) is 0. The normalized spacial score (nSPS) is 30.9. The molecule has 0 radical (unpaired) electrons. The first-order valence-electron chi connectivity index (χ1n) is 5.67. The zero-order chi connectivity index (χ0) is 12.3. The minimum absolute atomic E-state index is 0.0910. The maximum atomic E-state index is 13.5. The summed E-state index contributed by atoms with van der Waals surface area (Å²) in [4.78, 5) is 11.4. The molecule has 0 aromatic carbocycles. The minimum Gasteiger partial charge on any atom is -0.444 e. The van der Waals surface area contributed by atoms with Crippen molar-refractivity contribution < 1.29 is 13.9 Å². The van der Waals surface area contributed by atoms with Crippen LogP contribution in [0.3, 0.4) is 0 Å². The van der Waals surface area contributed by atoms with Gasteiger partial charge in [0.05, 0.1) is 6.04 Å². The van der Waals surface area contributed by atoms with E-state index >= 15 is 0 Å². The molecule has 0 aromatic rings. The highest BCUT2D eigenvalue weighted by Gasteiger charge is 2.31. The van der Waals surface area contributed by atoms with Gasteiger partial charge >= 0.3 is 6.09 Å². The Morgan fingerprint density at radius 1 is 1.44 bits per heavy atom. The zero-order valence-electron chi connectivity index (χ0n) is 10.1. The van der Waals surface area contributed by atoms with Crippen LogP contribution in [0.15, 0.2) is 0 Å². The van der Waals surface area contributed by atoms with E-state index in [4.69, 9.17) is 10.5 Å². The van der Waals surface area contributed by atoms with Crippen LogP contribution in [-0.4, -0.2) is 29.9 Å². The third-order valence-electron chi connectivity index (χ3n) is 2.52. The Morgan fingerprint density at radius 3 is 2.56 bits per heavy atom. The molecule has 16 heavy (non-hydrogen) atoms. The fraction of sp³-hybridized carbons (Fsp3) is 0.909. The van der Waals surface area contributed by atoms with Crippen LogP contribution in [0.4, 0.5) is 9.18 Å². The van der Waals surface area contributed by atoms with Gasteiger partial charge in [0.25, 0.3) is 0 Å². The highest BCUT2D eigenvalue weighted by Crippen LogP contribution is 2.21. The van der Waals surface area contributed by atoms with E-state index in [0.717, 1.165) is 6.42 Å². The summed E-state index contributed by atoms with van der Waals surface area (Å²) in [7, 11) is 0. The molecule has 1 fully saturated rings. The Morgan fingerprint density at radius 2 is 2.06 bits per heavy atom. The number of halogens is 1. The van der Waals surface area contributed by atoms with E-state index < -0.39 is 23.9 Å². The highest BCUT2D eigenvalue weighted by atomic mass is 19.1. The summed E-state index contributed by atoms with van der Waals surface area (Å²) >= 11 is 0. The molecule has 1 rings (SSSR count). The summed E-state index contributed by atoms with van der Waals surface area (Å²) in [6.45, 7) is 5.32. The first-order valence-corrected chi connectivity index (χ1v) is 5.67. The van der Waals surface area contributed by atoms with Crippen LogP contribution in [0.2, 0.25) is 0 Å². The number of carbonyl (C=O) groups excluding carboxylic acids is 1. The molecule has 0 aromatic heterocycles. The van der Waals surface area contributed by atoms with Crippen LogP contribution in [0.1, 0.15) is 40.0 Å². The second kappa shape index (κ2) is 4.99. The van der Waals surface area contributed by atoms with Crippen molar-refractivity contribution in [3.8, 4) is 0 Å². The molecule has 0 unspecified atom stereocenters. The molecule has 0 saturated heterocycles. The van der Waals surface area contributed by atoms with Crippen LogP contribution in [-0.2, 0) is 4.74 Å². The molecule has 0 spiro atoms. The standard InChI is InChI=1S/C11H21FN2O2/c1-11(2,3)16-10(15)14-9-5-4-7(13)6-8(9)12/h7-9H,4-6,13H2,1-3H3,(H,14,15)/t7-,8-,9-/m1/s1. The largest absolute Gasteiger partial charge is 0.444 e. The van der Waals surface area contributed by atoms with Gasteiger partial charge in [-0.25, -0.2) is 9.18 Å². The summed E-state index contributed by atoms with van der Waals surface area (Å²) in [5, 5.41) is 2.55. The SMILES string of the molecule is CC(C)(C)OC(=O)N[C@@H]1CC[C@@H](N)C[C@H]1F. The monoisotopic (exact) mass is 232 g/mol. The maximum Gasteiger partial charge on any atom is 0.407 e. The molecule has 4 nitrogen and oxygen atoms in total. The van der Waals surface area contributed by atoms with Crippen molar-refractivity contribution >= 4 is 6.09 Å². The van der Waals surface area contributed by atoms with E-state index in [-0.39, 0.29) is 6.04 Å². The van der Waals surface area contributed by atoms with Crippen molar-refractivity contribution in [3.63, 3.8) is 0 Å². The molecule has 5 heteroatoms. The van der Waals surface area contributed by atoms with E-state index in [1.165, 1.54) is 0 Å². The molecule has 1 aliphatic carbocycles. The van der Waals surface area contributed by atoms with Crippen LogP contribution in [0.5, 0.6) is 0 Å². The molecule has 1 saturated carbocycles. The van der Waals surface area contributed by atoms with Crippen molar-refractivity contribution in [2.24, 2.45) is 5.73 Å². The van der Waals surface area contributed by atoms with Gasteiger partial charge in [-0.05, 0) is 40.0 Å². The van der Waals surface area contributed by atoms with Gasteiger partial charge in [-0.2, -0.15) is 0 Å². The molecule has 0 aliphatic heterocycles. The van der Waals surface area contributed by atoms with Crippen molar-refractivity contribution in [3.05, 3.63) is 0 Å². The first-order chi connectivity index (χ1) is 7.28. The second-order valence-corrected chi connectivity index (χ2v) is 5.34. The van der Waals surface area contributed by atoms with Gasteiger partial charge in [-0.15, -0.1) is 0 Å². The lowest BCUT2D eigenvalue weighted by atomic mass is 9.90. The molecule has 0 heterocycles. The second-order valence-electron chi connectivity index (χ2n) is 5.34. The van der Waals surface area contributed by atoms with Crippen molar-refractivity contribution in [1.82, 2.24) is 5.32 Å².